The van der Waals surface area contributed by atoms with E-state index < -0.39 is 0 Å². The first-order valence-electron chi connectivity index (χ1n) is 10.8. The summed E-state index contributed by atoms with van der Waals surface area (Å²) in [6, 6.07) is 14.7. The molecule has 0 aliphatic carbocycles. The summed E-state index contributed by atoms with van der Waals surface area (Å²) in [6.07, 6.45) is 7.56. The van der Waals surface area contributed by atoms with Crippen LogP contribution in [0.2, 0.25) is 0 Å². The number of benzene rings is 2. The summed E-state index contributed by atoms with van der Waals surface area (Å²) in [7, 11) is 1.59. The zero-order chi connectivity index (χ0) is 22.6. The lowest BCUT2D eigenvalue weighted by Gasteiger charge is -2.08. The van der Waals surface area contributed by atoms with E-state index in [0.29, 0.717) is 17.9 Å². The monoisotopic (exact) mass is 435 g/mol. The van der Waals surface area contributed by atoms with Gasteiger partial charge in [-0.2, -0.15) is 5.10 Å². The Hall–Kier alpha value is -3.68. The molecule has 0 fully saturated rings. The molecule has 0 radical (unpaired) electrons. The zero-order valence-electron chi connectivity index (χ0n) is 18.5. The molecule has 1 aromatic heterocycles. The standard InChI is InChI=1S/C24H29N5O3/c1-3-4-5-6-9-16-32-21-11-8-7-10-19(21)17-25-28-24-26-23(30)22(27-29-24)18-12-14-20(31-2)15-13-18/h7-8,10-15,17H,3-6,9,16H2,1-2H3,(H2,26,28,29,30)/b25-17+. The predicted octanol–water partition coefficient (Wildman–Crippen LogP) is 4.64. The van der Waals surface area contributed by atoms with Gasteiger partial charge in [-0.25, -0.2) is 5.43 Å². The summed E-state index contributed by atoms with van der Waals surface area (Å²) in [5, 5.41) is 12.2. The molecular weight excluding hydrogens is 406 g/mol. The number of hydrazone groups is 1. The van der Waals surface area contributed by atoms with E-state index in [1.54, 1.807) is 37.6 Å². The Labute approximate surface area is 187 Å². The Bertz CT molecular complexity index is 1060. The normalized spacial score (nSPS) is 10.9. The smallest absolute Gasteiger partial charge is 0.279 e. The molecule has 0 bridgehead atoms. The van der Waals surface area contributed by atoms with Crippen molar-refractivity contribution in [3.8, 4) is 22.8 Å². The molecule has 0 unspecified atom stereocenters. The summed E-state index contributed by atoms with van der Waals surface area (Å²) >= 11 is 0. The number of para-hydroxylation sites is 1. The minimum absolute atomic E-state index is 0.151. The molecule has 1 heterocycles. The molecule has 2 N–H and O–H groups in total. The van der Waals surface area contributed by atoms with Gasteiger partial charge in [0.1, 0.15) is 11.5 Å². The van der Waals surface area contributed by atoms with Crippen molar-refractivity contribution in [3.63, 3.8) is 0 Å². The maximum absolute atomic E-state index is 12.4. The number of nitrogens with zero attached hydrogens (tertiary/aromatic N) is 3. The molecule has 32 heavy (non-hydrogen) atoms. The lowest BCUT2D eigenvalue weighted by molar-refractivity contribution is 0.304. The van der Waals surface area contributed by atoms with Crippen LogP contribution in [-0.4, -0.2) is 35.1 Å². The molecule has 0 spiro atoms. The average molecular weight is 436 g/mol. The summed E-state index contributed by atoms with van der Waals surface area (Å²) in [5.74, 6) is 1.62. The van der Waals surface area contributed by atoms with Crippen LogP contribution in [0.4, 0.5) is 5.95 Å². The fraction of sp³-hybridized carbons (Fsp3) is 0.333. The van der Waals surface area contributed by atoms with Crippen molar-refractivity contribution in [3.05, 3.63) is 64.4 Å². The number of ether oxygens (including phenoxy) is 2. The quantitative estimate of drug-likeness (QED) is 0.244. The SMILES string of the molecule is CCCCCCCOc1ccccc1/C=N/Nc1nnc(-c2ccc(OC)cc2)c(=O)[nH]1. The number of anilines is 1. The van der Waals surface area contributed by atoms with Crippen LogP contribution in [0.1, 0.15) is 44.6 Å². The van der Waals surface area contributed by atoms with Crippen molar-refractivity contribution < 1.29 is 9.47 Å². The molecule has 0 amide bonds. The number of nitrogens with one attached hydrogen (secondary N) is 2. The lowest BCUT2D eigenvalue weighted by atomic mass is 10.1. The third-order valence-corrected chi connectivity index (χ3v) is 4.86. The highest BCUT2D eigenvalue weighted by Crippen LogP contribution is 2.18. The van der Waals surface area contributed by atoms with Gasteiger partial charge in [-0.3, -0.25) is 9.78 Å². The number of aromatic nitrogens is 3. The number of unbranched alkanes of at least 4 members (excludes halogenated alkanes) is 4. The molecule has 0 aliphatic rings. The fourth-order valence-electron chi connectivity index (χ4n) is 3.09. The molecule has 3 aromatic rings. The van der Waals surface area contributed by atoms with Crippen LogP contribution in [0.5, 0.6) is 11.5 Å². The molecule has 0 atom stereocenters. The van der Waals surface area contributed by atoms with Gasteiger partial charge in [0.25, 0.3) is 5.56 Å². The molecule has 3 rings (SSSR count). The van der Waals surface area contributed by atoms with E-state index in [9.17, 15) is 4.79 Å². The van der Waals surface area contributed by atoms with Crippen LogP contribution in [0, 0.1) is 0 Å². The molecule has 8 heteroatoms. The van der Waals surface area contributed by atoms with Crippen LogP contribution in [0.3, 0.4) is 0 Å². The van der Waals surface area contributed by atoms with E-state index in [0.717, 1.165) is 17.7 Å². The number of H-pyrrole nitrogens is 1. The second-order valence-corrected chi connectivity index (χ2v) is 7.25. The van der Waals surface area contributed by atoms with Gasteiger partial charge >= 0.3 is 0 Å². The highest BCUT2D eigenvalue weighted by atomic mass is 16.5. The molecule has 168 valence electrons. The topological polar surface area (TPSA) is 101 Å². The Morgan fingerprint density at radius 2 is 1.81 bits per heavy atom. The van der Waals surface area contributed by atoms with Gasteiger partial charge < -0.3 is 9.47 Å². The Morgan fingerprint density at radius 3 is 2.56 bits per heavy atom. The van der Waals surface area contributed by atoms with Gasteiger partial charge in [0.05, 0.1) is 19.9 Å². The van der Waals surface area contributed by atoms with Crippen LogP contribution >= 0.6 is 0 Å². The molecular formula is C24H29N5O3. The second kappa shape index (κ2) is 12.2. The Kier molecular flexibility index (Phi) is 8.80. The van der Waals surface area contributed by atoms with E-state index in [2.05, 4.69) is 32.6 Å². The summed E-state index contributed by atoms with van der Waals surface area (Å²) < 4.78 is 11.0. The number of aromatic amines is 1. The van der Waals surface area contributed by atoms with Crippen molar-refractivity contribution in [2.24, 2.45) is 5.10 Å². The predicted molar refractivity (Wildman–Crippen MR) is 127 cm³/mol. The van der Waals surface area contributed by atoms with Gasteiger partial charge in [-0.15, -0.1) is 10.2 Å². The third kappa shape index (κ3) is 6.66. The number of hydrogen-bond donors (Lipinski definition) is 2. The van der Waals surface area contributed by atoms with Crippen molar-refractivity contribution >= 4 is 12.2 Å². The van der Waals surface area contributed by atoms with Crippen LogP contribution in [0.25, 0.3) is 11.3 Å². The van der Waals surface area contributed by atoms with Gasteiger partial charge in [0, 0.05) is 11.1 Å². The first kappa shape index (κ1) is 23.0. The van der Waals surface area contributed by atoms with E-state index in [4.69, 9.17) is 9.47 Å². The average Bonchev–Trinajstić information content (AvgIpc) is 2.82. The van der Waals surface area contributed by atoms with Crippen LogP contribution in [0.15, 0.2) is 58.4 Å². The van der Waals surface area contributed by atoms with E-state index >= 15 is 0 Å². The van der Waals surface area contributed by atoms with Crippen molar-refractivity contribution in [2.45, 2.75) is 39.0 Å². The van der Waals surface area contributed by atoms with Crippen LogP contribution < -0.4 is 20.5 Å². The minimum Gasteiger partial charge on any atom is -0.497 e. The molecule has 0 saturated carbocycles. The lowest BCUT2D eigenvalue weighted by Crippen LogP contribution is -2.15. The highest BCUT2D eigenvalue weighted by Gasteiger charge is 2.08. The summed E-state index contributed by atoms with van der Waals surface area (Å²) in [4.78, 5) is 15.0. The highest BCUT2D eigenvalue weighted by molar-refractivity contribution is 5.83. The van der Waals surface area contributed by atoms with E-state index in [-0.39, 0.29) is 17.2 Å². The van der Waals surface area contributed by atoms with Gasteiger partial charge in [0.15, 0.2) is 5.69 Å². The first-order valence-corrected chi connectivity index (χ1v) is 10.8. The number of hydrogen-bond acceptors (Lipinski definition) is 7. The van der Waals surface area contributed by atoms with Gasteiger partial charge in [-0.05, 0) is 42.8 Å². The minimum atomic E-state index is -0.366. The summed E-state index contributed by atoms with van der Waals surface area (Å²) in [5.41, 5.74) is 4.05. The summed E-state index contributed by atoms with van der Waals surface area (Å²) in [6.45, 7) is 2.88. The van der Waals surface area contributed by atoms with Crippen molar-refractivity contribution in [1.82, 2.24) is 15.2 Å². The molecule has 2 aromatic carbocycles. The fourth-order valence-corrected chi connectivity index (χ4v) is 3.09. The van der Waals surface area contributed by atoms with E-state index in [1.165, 1.54) is 25.7 Å². The number of methoxy groups -OCH3 is 1. The van der Waals surface area contributed by atoms with E-state index in [1.807, 2.05) is 24.3 Å². The second-order valence-electron chi connectivity index (χ2n) is 7.25. The zero-order valence-corrected chi connectivity index (χ0v) is 18.5. The van der Waals surface area contributed by atoms with Crippen molar-refractivity contribution in [1.29, 1.82) is 0 Å². The molecule has 0 aliphatic heterocycles. The maximum atomic E-state index is 12.4. The Balaban J connectivity index is 1.59. The maximum Gasteiger partial charge on any atom is 0.279 e. The van der Waals surface area contributed by atoms with Gasteiger partial charge in [0.2, 0.25) is 5.95 Å². The van der Waals surface area contributed by atoms with Crippen LogP contribution in [-0.2, 0) is 0 Å². The number of rotatable bonds is 12. The Morgan fingerprint density at radius 1 is 1.03 bits per heavy atom. The first-order chi connectivity index (χ1) is 15.7. The largest absolute Gasteiger partial charge is 0.497 e. The van der Waals surface area contributed by atoms with Gasteiger partial charge in [-0.1, -0.05) is 44.7 Å². The third-order valence-electron chi connectivity index (χ3n) is 4.86. The molecule has 0 saturated heterocycles. The van der Waals surface area contributed by atoms with Crippen molar-refractivity contribution in [2.75, 3.05) is 19.1 Å². The molecule has 8 nitrogen and oxygen atoms in total.